The Bertz CT molecular complexity index is 667. The van der Waals surface area contributed by atoms with Gasteiger partial charge in [-0.15, -0.1) is 0 Å². The molecule has 1 fully saturated rings. The minimum atomic E-state index is -0.324. The molecule has 2 rings (SSSR count). The van der Waals surface area contributed by atoms with Crippen molar-refractivity contribution in [2.45, 2.75) is 19.8 Å². The Hall–Kier alpha value is -1.79. The molecular formula is C17H21Cl2N3O3. The van der Waals surface area contributed by atoms with Crippen LogP contribution in [0.2, 0.25) is 10.0 Å². The average molecular weight is 386 g/mol. The molecule has 0 spiro atoms. The van der Waals surface area contributed by atoms with Crippen LogP contribution >= 0.6 is 23.2 Å². The smallest absolute Gasteiger partial charge is 0.253 e. The molecule has 1 aromatic rings. The Morgan fingerprint density at radius 1 is 1.20 bits per heavy atom. The SMILES string of the molecule is CCNC(=O)CNC(=O)C1CCCN(C(=O)c2ccc(Cl)c(Cl)c2)C1. The van der Waals surface area contributed by atoms with E-state index in [0.717, 1.165) is 6.42 Å². The monoisotopic (exact) mass is 385 g/mol. The van der Waals surface area contributed by atoms with Gasteiger partial charge in [0.2, 0.25) is 11.8 Å². The van der Waals surface area contributed by atoms with Crippen molar-refractivity contribution in [2.24, 2.45) is 5.92 Å². The summed E-state index contributed by atoms with van der Waals surface area (Å²) in [6, 6.07) is 4.73. The van der Waals surface area contributed by atoms with Gasteiger partial charge in [0.05, 0.1) is 22.5 Å². The predicted molar refractivity (Wildman–Crippen MR) is 96.8 cm³/mol. The second-order valence-electron chi connectivity index (χ2n) is 5.89. The van der Waals surface area contributed by atoms with Crippen LogP contribution in [0.25, 0.3) is 0 Å². The first-order valence-electron chi connectivity index (χ1n) is 8.21. The lowest BCUT2D eigenvalue weighted by molar-refractivity contribution is -0.129. The second kappa shape index (κ2) is 9.06. The average Bonchev–Trinajstić information content (AvgIpc) is 2.61. The summed E-state index contributed by atoms with van der Waals surface area (Å²) in [5, 5.41) is 5.95. The van der Waals surface area contributed by atoms with Gasteiger partial charge in [0.1, 0.15) is 0 Å². The number of carbonyl (C=O) groups excluding carboxylic acids is 3. The molecule has 2 N–H and O–H groups in total. The standard InChI is InChI=1S/C17H21Cl2N3O3/c1-2-20-15(23)9-21-16(24)12-4-3-7-22(10-12)17(25)11-5-6-13(18)14(19)8-11/h5-6,8,12H,2-4,7,9-10H2,1H3,(H,20,23)(H,21,24). The van der Waals surface area contributed by atoms with E-state index >= 15 is 0 Å². The van der Waals surface area contributed by atoms with Gasteiger partial charge < -0.3 is 15.5 Å². The summed E-state index contributed by atoms with van der Waals surface area (Å²) in [5.41, 5.74) is 0.442. The number of halogens is 2. The Labute approximate surface area is 156 Å². The van der Waals surface area contributed by atoms with Crippen LogP contribution in [0.4, 0.5) is 0 Å². The van der Waals surface area contributed by atoms with Crippen molar-refractivity contribution >= 4 is 40.9 Å². The first-order chi connectivity index (χ1) is 11.9. The number of nitrogens with zero attached hydrogens (tertiary/aromatic N) is 1. The molecule has 0 radical (unpaired) electrons. The molecular weight excluding hydrogens is 365 g/mol. The fraction of sp³-hybridized carbons (Fsp3) is 0.471. The lowest BCUT2D eigenvalue weighted by Gasteiger charge is -2.32. The van der Waals surface area contributed by atoms with Crippen LogP contribution in [-0.2, 0) is 9.59 Å². The maximum absolute atomic E-state index is 12.6. The third-order valence-corrected chi connectivity index (χ3v) is 4.78. The molecule has 136 valence electrons. The third-order valence-electron chi connectivity index (χ3n) is 4.04. The van der Waals surface area contributed by atoms with Crippen LogP contribution in [0.15, 0.2) is 18.2 Å². The van der Waals surface area contributed by atoms with Crippen molar-refractivity contribution in [3.05, 3.63) is 33.8 Å². The highest BCUT2D eigenvalue weighted by molar-refractivity contribution is 6.42. The normalized spacial score (nSPS) is 17.1. The number of hydrogen-bond donors (Lipinski definition) is 2. The van der Waals surface area contributed by atoms with Gasteiger partial charge in [-0.25, -0.2) is 0 Å². The number of piperidine rings is 1. The third kappa shape index (κ3) is 5.34. The highest BCUT2D eigenvalue weighted by Gasteiger charge is 2.29. The maximum atomic E-state index is 12.6. The van der Waals surface area contributed by atoms with Crippen molar-refractivity contribution in [3.63, 3.8) is 0 Å². The van der Waals surface area contributed by atoms with E-state index in [1.54, 1.807) is 17.0 Å². The molecule has 1 heterocycles. The van der Waals surface area contributed by atoms with E-state index in [0.29, 0.717) is 41.7 Å². The number of nitrogens with one attached hydrogen (secondary N) is 2. The van der Waals surface area contributed by atoms with E-state index in [2.05, 4.69) is 10.6 Å². The Kier molecular flexibility index (Phi) is 7.08. The Balaban J connectivity index is 1.95. The predicted octanol–water partition coefficient (Wildman–Crippen LogP) is 2.10. The van der Waals surface area contributed by atoms with Crippen molar-refractivity contribution in [2.75, 3.05) is 26.2 Å². The highest BCUT2D eigenvalue weighted by atomic mass is 35.5. The molecule has 1 atom stereocenters. The number of amides is 3. The molecule has 0 saturated carbocycles. The van der Waals surface area contributed by atoms with Gasteiger partial charge in [-0.2, -0.15) is 0 Å². The molecule has 1 saturated heterocycles. The molecule has 8 heteroatoms. The number of carbonyl (C=O) groups is 3. The maximum Gasteiger partial charge on any atom is 0.253 e. The first kappa shape index (κ1) is 19.5. The molecule has 0 bridgehead atoms. The zero-order valence-corrected chi connectivity index (χ0v) is 15.5. The topological polar surface area (TPSA) is 78.5 Å². The molecule has 1 aliphatic heterocycles. The molecule has 25 heavy (non-hydrogen) atoms. The molecule has 6 nitrogen and oxygen atoms in total. The minimum Gasteiger partial charge on any atom is -0.355 e. The summed E-state index contributed by atoms with van der Waals surface area (Å²) in [6.45, 7) is 3.18. The highest BCUT2D eigenvalue weighted by Crippen LogP contribution is 2.25. The van der Waals surface area contributed by atoms with Crippen LogP contribution in [0.1, 0.15) is 30.1 Å². The number of hydrogen-bond acceptors (Lipinski definition) is 3. The van der Waals surface area contributed by atoms with Gasteiger partial charge in [-0.3, -0.25) is 14.4 Å². The lowest BCUT2D eigenvalue weighted by atomic mass is 9.96. The van der Waals surface area contributed by atoms with Crippen molar-refractivity contribution < 1.29 is 14.4 Å². The van der Waals surface area contributed by atoms with Gasteiger partial charge in [0.25, 0.3) is 5.91 Å². The van der Waals surface area contributed by atoms with Crippen molar-refractivity contribution in [1.82, 2.24) is 15.5 Å². The molecule has 1 aliphatic rings. The van der Waals surface area contributed by atoms with Crippen LogP contribution in [0.3, 0.4) is 0 Å². The van der Waals surface area contributed by atoms with Gasteiger partial charge >= 0.3 is 0 Å². The van der Waals surface area contributed by atoms with Gasteiger partial charge in [-0.05, 0) is 38.0 Å². The molecule has 0 aliphatic carbocycles. The van der Waals surface area contributed by atoms with E-state index in [4.69, 9.17) is 23.2 Å². The Morgan fingerprint density at radius 2 is 1.96 bits per heavy atom. The zero-order valence-electron chi connectivity index (χ0n) is 14.0. The number of rotatable bonds is 5. The fourth-order valence-corrected chi connectivity index (χ4v) is 3.06. The molecule has 3 amide bonds. The van der Waals surface area contributed by atoms with E-state index in [1.165, 1.54) is 6.07 Å². The van der Waals surface area contributed by atoms with Gasteiger partial charge in [0.15, 0.2) is 0 Å². The van der Waals surface area contributed by atoms with Crippen LogP contribution in [0, 0.1) is 5.92 Å². The summed E-state index contributed by atoms with van der Waals surface area (Å²) < 4.78 is 0. The summed E-state index contributed by atoms with van der Waals surface area (Å²) in [4.78, 5) is 37.9. The van der Waals surface area contributed by atoms with Gasteiger partial charge in [-0.1, -0.05) is 23.2 Å². The fourth-order valence-electron chi connectivity index (χ4n) is 2.76. The van der Waals surface area contributed by atoms with Crippen molar-refractivity contribution in [1.29, 1.82) is 0 Å². The number of likely N-dealkylation sites (N-methyl/N-ethyl adjacent to an activating group) is 1. The van der Waals surface area contributed by atoms with Crippen LogP contribution < -0.4 is 10.6 Å². The molecule has 1 unspecified atom stereocenters. The van der Waals surface area contributed by atoms with Crippen LogP contribution in [-0.4, -0.2) is 48.8 Å². The van der Waals surface area contributed by atoms with Gasteiger partial charge in [0, 0.05) is 25.2 Å². The minimum absolute atomic E-state index is 0.0517. The van der Waals surface area contributed by atoms with E-state index in [9.17, 15) is 14.4 Å². The summed E-state index contributed by atoms with van der Waals surface area (Å²) in [7, 11) is 0. The number of benzene rings is 1. The van der Waals surface area contributed by atoms with Crippen molar-refractivity contribution in [3.8, 4) is 0 Å². The zero-order chi connectivity index (χ0) is 18.4. The first-order valence-corrected chi connectivity index (χ1v) is 8.96. The van der Waals surface area contributed by atoms with E-state index in [1.807, 2.05) is 6.92 Å². The second-order valence-corrected chi connectivity index (χ2v) is 6.70. The van der Waals surface area contributed by atoms with E-state index < -0.39 is 0 Å². The lowest BCUT2D eigenvalue weighted by Crippen LogP contribution is -2.47. The number of likely N-dealkylation sites (tertiary alicyclic amines) is 1. The molecule has 0 aromatic heterocycles. The summed E-state index contributed by atoms with van der Waals surface area (Å²) in [5.74, 6) is -0.942. The quantitative estimate of drug-likeness (QED) is 0.814. The largest absolute Gasteiger partial charge is 0.355 e. The molecule has 1 aromatic carbocycles. The Morgan fingerprint density at radius 3 is 2.64 bits per heavy atom. The van der Waals surface area contributed by atoms with E-state index in [-0.39, 0.29) is 30.2 Å². The summed E-state index contributed by atoms with van der Waals surface area (Å²) >= 11 is 11.8. The van der Waals surface area contributed by atoms with Crippen LogP contribution in [0.5, 0.6) is 0 Å². The summed E-state index contributed by atoms with van der Waals surface area (Å²) in [6.07, 6.45) is 1.42.